The second-order valence-electron chi connectivity index (χ2n) is 5.20. The summed E-state index contributed by atoms with van der Waals surface area (Å²) < 4.78 is 0. The van der Waals surface area contributed by atoms with Gasteiger partial charge in [-0.15, -0.1) is 0 Å². The molecule has 0 heterocycles. The molecule has 16 heavy (non-hydrogen) atoms. The Morgan fingerprint density at radius 2 is 1.94 bits per heavy atom. The van der Waals surface area contributed by atoms with Crippen LogP contribution in [0.1, 0.15) is 44.9 Å². The highest BCUT2D eigenvalue weighted by Gasteiger charge is 2.26. The standard InChI is InChI=1S/C12H23N3O/c13-12(14-8-9-6-11(16)7-9)15-10-4-2-1-3-5-10/h9-11,16H,1-8H2,(H3,13,14,15). The highest BCUT2D eigenvalue weighted by atomic mass is 16.3. The van der Waals surface area contributed by atoms with Crippen molar-refractivity contribution in [2.45, 2.75) is 57.1 Å². The summed E-state index contributed by atoms with van der Waals surface area (Å²) in [5, 5.41) is 12.4. The van der Waals surface area contributed by atoms with Gasteiger partial charge in [-0.05, 0) is 31.6 Å². The van der Waals surface area contributed by atoms with Gasteiger partial charge in [-0.25, -0.2) is 0 Å². The van der Waals surface area contributed by atoms with E-state index in [2.05, 4.69) is 10.3 Å². The van der Waals surface area contributed by atoms with Crippen molar-refractivity contribution in [1.82, 2.24) is 5.32 Å². The highest BCUT2D eigenvalue weighted by Crippen LogP contribution is 2.27. The van der Waals surface area contributed by atoms with E-state index in [0.29, 0.717) is 17.9 Å². The van der Waals surface area contributed by atoms with Crippen LogP contribution < -0.4 is 11.1 Å². The van der Waals surface area contributed by atoms with Crippen LogP contribution in [0.25, 0.3) is 0 Å². The second-order valence-corrected chi connectivity index (χ2v) is 5.20. The molecule has 0 aromatic heterocycles. The first-order valence-electron chi connectivity index (χ1n) is 6.48. The number of aliphatic hydroxyl groups excluding tert-OH is 1. The predicted octanol–water partition coefficient (Wildman–Crippen LogP) is 0.994. The lowest BCUT2D eigenvalue weighted by Gasteiger charge is -2.30. The largest absolute Gasteiger partial charge is 0.393 e. The van der Waals surface area contributed by atoms with Crippen LogP contribution in [0.5, 0.6) is 0 Å². The van der Waals surface area contributed by atoms with Crippen LogP contribution in [0.15, 0.2) is 4.99 Å². The van der Waals surface area contributed by atoms with Crippen LogP contribution in [0.4, 0.5) is 0 Å². The molecule has 0 aliphatic heterocycles. The van der Waals surface area contributed by atoms with Crippen molar-refractivity contribution in [2.24, 2.45) is 16.6 Å². The van der Waals surface area contributed by atoms with Gasteiger partial charge in [0.1, 0.15) is 0 Å². The Kier molecular flexibility index (Phi) is 4.04. The van der Waals surface area contributed by atoms with Gasteiger partial charge in [-0.2, -0.15) is 0 Å². The minimum Gasteiger partial charge on any atom is -0.393 e. The molecule has 92 valence electrons. The maximum atomic E-state index is 9.15. The summed E-state index contributed by atoms with van der Waals surface area (Å²) in [6.45, 7) is 0.766. The Labute approximate surface area is 97.3 Å². The minimum atomic E-state index is -0.0901. The maximum absolute atomic E-state index is 9.15. The van der Waals surface area contributed by atoms with Gasteiger partial charge >= 0.3 is 0 Å². The van der Waals surface area contributed by atoms with Gasteiger partial charge in [0, 0.05) is 12.6 Å². The summed E-state index contributed by atoms with van der Waals surface area (Å²) >= 11 is 0. The van der Waals surface area contributed by atoms with Gasteiger partial charge in [0.15, 0.2) is 5.96 Å². The smallest absolute Gasteiger partial charge is 0.188 e. The van der Waals surface area contributed by atoms with E-state index < -0.39 is 0 Å². The number of rotatable bonds is 3. The van der Waals surface area contributed by atoms with Crippen molar-refractivity contribution in [3.8, 4) is 0 Å². The first kappa shape index (κ1) is 11.7. The van der Waals surface area contributed by atoms with Crippen LogP contribution >= 0.6 is 0 Å². The summed E-state index contributed by atoms with van der Waals surface area (Å²) in [5.41, 5.74) is 5.84. The van der Waals surface area contributed by atoms with Gasteiger partial charge in [0.25, 0.3) is 0 Å². The molecule has 0 bridgehead atoms. The van der Waals surface area contributed by atoms with Crippen molar-refractivity contribution < 1.29 is 5.11 Å². The van der Waals surface area contributed by atoms with Crippen LogP contribution in [0.3, 0.4) is 0 Å². The Bertz CT molecular complexity index is 243. The second kappa shape index (κ2) is 5.53. The number of hydrogen-bond acceptors (Lipinski definition) is 2. The third kappa shape index (κ3) is 3.37. The molecule has 0 aromatic carbocycles. The molecule has 2 aliphatic carbocycles. The Balaban J connectivity index is 1.65. The normalized spacial score (nSPS) is 32.2. The Morgan fingerprint density at radius 3 is 2.56 bits per heavy atom. The van der Waals surface area contributed by atoms with Crippen molar-refractivity contribution in [3.63, 3.8) is 0 Å². The van der Waals surface area contributed by atoms with Crippen LogP contribution in [-0.2, 0) is 0 Å². The van der Waals surface area contributed by atoms with Gasteiger partial charge < -0.3 is 16.2 Å². The number of aliphatic hydroxyl groups is 1. The SMILES string of the molecule is NC(=NCC1CC(O)C1)NC1CCCCC1. The zero-order valence-corrected chi connectivity index (χ0v) is 9.86. The molecule has 0 aromatic rings. The molecular formula is C12H23N3O. The van der Waals surface area contributed by atoms with Crippen LogP contribution in [0.2, 0.25) is 0 Å². The van der Waals surface area contributed by atoms with E-state index in [0.717, 1.165) is 19.4 Å². The minimum absolute atomic E-state index is 0.0901. The van der Waals surface area contributed by atoms with E-state index in [9.17, 15) is 0 Å². The lowest BCUT2D eigenvalue weighted by molar-refractivity contribution is 0.0471. The number of nitrogens with one attached hydrogen (secondary N) is 1. The van der Waals surface area contributed by atoms with Gasteiger partial charge in [0.05, 0.1) is 6.10 Å². The van der Waals surface area contributed by atoms with E-state index in [1.165, 1.54) is 32.1 Å². The topological polar surface area (TPSA) is 70.6 Å². The third-order valence-corrected chi connectivity index (χ3v) is 3.69. The summed E-state index contributed by atoms with van der Waals surface area (Å²) in [6, 6.07) is 0.532. The number of aliphatic imine (C=N–C) groups is 1. The fraction of sp³-hybridized carbons (Fsp3) is 0.917. The van der Waals surface area contributed by atoms with Crippen molar-refractivity contribution in [1.29, 1.82) is 0 Å². The van der Waals surface area contributed by atoms with E-state index in [1.807, 2.05) is 0 Å². The molecule has 2 fully saturated rings. The third-order valence-electron chi connectivity index (χ3n) is 3.69. The highest BCUT2D eigenvalue weighted by molar-refractivity contribution is 5.78. The number of nitrogens with two attached hydrogens (primary N) is 1. The number of guanidine groups is 1. The summed E-state index contributed by atoms with van der Waals surface area (Å²) in [4.78, 5) is 4.35. The first-order valence-corrected chi connectivity index (χ1v) is 6.48. The molecule has 0 amide bonds. The molecule has 0 radical (unpaired) electrons. The molecule has 0 saturated heterocycles. The first-order chi connectivity index (χ1) is 7.74. The molecular weight excluding hydrogens is 202 g/mol. The summed E-state index contributed by atoms with van der Waals surface area (Å²) in [5.74, 6) is 1.13. The van der Waals surface area contributed by atoms with Crippen LogP contribution in [-0.4, -0.2) is 29.8 Å². The van der Waals surface area contributed by atoms with Crippen molar-refractivity contribution >= 4 is 5.96 Å². The molecule has 0 atom stereocenters. The lowest BCUT2D eigenvalue weighted by atomic mass is 9.83. The molecule has 2 rings (SSSR count). The van der Waals surface area contributed by atoms with Crippen molar-refractivity contribution in [2.75, 3.05) is 6.54 Å². The molecule has 4 nitrogen and oxygen atoms in total. The quantitative estimate of drug-likeness (QED) is 0.495. The average molecular weight is 225 g/mol. The number of hydrogen-bond donors (Lipinski definition) is 3. The van der Waals surface area contributed by atoms with Gasteiger partial charge in [-0.3, -0.25) is 4.99 Å². The molecule has 4 heteroatoms. The van der Waals surface area contributed by atoms with E-state index >= 15 is 0 Å². The molecule has 2 aliphatic rings. The Morgan fingerprint density at radius 1 is 1.25 bits per heavy atom. The average Bonchev–Trinajstić information content (AvgIpc) is 2.24. The number of nitrogens with zero attached hydrogens (tertiary/aromatic N) is 1. The summed E-state index contributed by atoms with van der Waals surface area (Å²) in [6.07, 6.45) is 8.10. The van der Waals surface area contributed by atoms with Crippen molar-refractivity contribution in [3.05, 3.63) is 0 Å². The zero-order valence-electron chi connectivity index (χ0n) is 9.86. The van der Waals surface area contributed by atoms with E-state index in [4.69, 9.17) is 10.8 Å². The lowest BCUT2D eigenvalue weighted by Crippen LogP contribution is -2.41. The fourth-order valence-corrected chi connectivity index (χ4v) is 2.58. The predicted molar refractivity (Wildman–Crippen MR) is 65.2 cm³/mol. The molecule has 4 N–H and O–H groups in total. The molecule has 0 spiro atoms. The van der Waals surface area contributed by atoms with Gasteiger partial charge in [-0.1, -0.05) is 19.3 Å². The molecule has 2 saturated carbocycles. The maximum Gasteiger partial charge on any atom is 0.188 e. The Hall–Kier alpha value is -0.770. The van der Waals surface area contributed by atoms with Crippen LogP contribution in [0, 0.1) is 5.92 Å². The van der Waals surface area contributed by atoms with Gasteiger partial charge in [0.2, 0.25) is 0 Å². The van der Waals surface area contributed by atoms with E-state index in [1.54, 1.807) is 0 Å². The van der Waals surface area contributed by atoms with E-state index in [-0.39, 0.29) is 6.10 Å². The fourth-order valence-electron chi connectivity index (χ4n) is 2.58. The zero-order chi connectivity index (χ0) is 11.4. The molecule has 0 unspecified atom stereocenters. The monoisotopic (exact) mass is 225 g/mol. The summed E-state index contributed by atoms with van der Waals surface area (Å²) in [7, 11) is 0.